The summed E-state index contributed by atoms with van der Waals surface area (Å²) in [5, 5.41) is 8.31. The lowest BCUT2D eigenvalue weighted by atomic mass is 10.2. The summed E-state index contributed by atoms with van der Waals surface area (Å²) >= 11 is 0. The van der Waals surface area contributed by atoms with Crippen LogP contribution in [0.15, 0.2) is 41.8 Å². The lowest BCUT2D eigenvalue weighted by Gasteiger charge is -1.99. The number of primary sulfonamides is 1. The molecule has 0 aliphatic heterocycles. The Labute approximate surface area is 92.8 Å². The monoisotopic (exact) mass is 238 g/mol. The van der Waals surface area contributed by atoms with Crippen LogP contribution in [0.25, 0.3) is 0 Å². The Bertz CT molecular complexity index is 577. The molecule has 2 rings (SSSR count). The topological polar surface area (TPSA) is 90.9 Å². The van der Waals surface area contributed by atoms with Crippen molar-refractivity contribution in [3.63, 3.8) is 0 Å². The van der Waals surface area contributed by atoms with Crippen molar-refractivity contribution in [2.75, 3.05) is 0 Å². The van der Waals surface area contributed by atoms with Gasteiger partial charge in [0.2, 0.25) is 0 Å². The summed E-state index contributed by atoms with van der Waals surface area (Å²) in [7, 11) is -3.82. The van der Waals surface area contributed by atoms with E-state index in [0.717, 1.165) is 5.56 Å². The standard InChI is InChI=1S/C9H10N4O2S/c10-16(14,15)9-11-7-13(12-9)6-8-4-2-1-3-5-8/h1-5,7H,6H2,(H2,10,14,15). The van der Waals surface area contributed by atoms with Crippen molar-refractivity contribution in [1.82, 2.24) is 14.8 Å². The molecule has 1 aromatic carbocycles. The first-order chi connectivity index (χ1) is 7.55. The molecule has 0 saturated carbocycles. The average Bonchev–Trinajstić information content (AvgIpc) is 2.67. The first-order valence-electron chi connectivity index (χ1n) is 4.52. The van der Waals surface area contributed by atoms with E-state index < -0.39 is 10.0 Å². The molecule has 2 N–H and O–H groups in total. The summed E-state index contributed by atoms with van der Waals surface area (Å²) in [6.07, 6.45) is 1.34. The normalized spacial score (nSPS) is 11.6. The summed E-state index contributed by atoms with van der Waals surface area (Å²) < 4.78 is 23.3. The largest absolute Gasteiger partial charge is 0.281 e. The number of rotatable bonds is 3. The highest BCUT2D eigenvalue weighted by atomic mass is 32.2. The Kier molecular flexibility index (Phi) is 2.71. The second kappa shape index (κ2) is 4.03. The maximum Gasteiger partial charge on any atom is 0.281 e. The molecule has 0 aliphatic carbocycles. The summed E-state index contributed by atoms with van der Waals surface area (Å²) in [5.41, 5.74) is 1.01. The maximum atomic E-state index is 10.9. The Balaban J connectivity index is 2.22. The summed E-state index contributed by atoms with van der Waals surface area (Å²) in [4.78, 5) is 3.62. The SMILES string of the molecule is NS(=O)(=O)c1ncn(Cc2ccccc2)n1. The Morgan fingerprint density at radius 2 is 1.94 bits per heavy atom. The summed E-state index contributed by atoms with van der Waals surface area (Å²) in [5.74, 6) is 0. The first kappa shape index (κ1) is 10.8. The molecule has 6 nitrogen and oxygen atoms in total. The van der Waals surface area contributed by atoms with Gasteiger partial charge in [-0.05, 0) is 5.56 Å². The van der Waals surface area contributed by atoms with Gasteiger partial charge in [0.1, 0.15) is 6.33 Å². The van der Waals surface area contributed by atoms with E-state index in [1.54, 1.807) is 0 Å². The summed E-state index contributed by atoms with van der Waals surface area (Å²) in [6, 6.07) is 9.52. The highest BCUT2D eigenvalue weighted by Gasteiger charge is 2.13. The smallest absolute Gasteiger partial charge is 0.247 e. The number of benzene rings is 1. The molecule has 0 atom stereocenters. The van der Waals surface area contributed by atoms with E-state index in [1.807, 2.05) is 30.3 Å². The number of nitrogens with zero attached hydrogens (tertiary/aromatic N) is 3. The van der Waals surface area contributed by atoms with Crippen LogP contribution >= 0.6 is 0 Å². The van der Waals surface area contributed by atoms with Crippen molar-refractivity contribution in [2.24, 2.45) is 5.14 Å². The van der Waals surface area contributed by atoms with Crippen LogP contribution in [0.4, 0.5) is 0 Å². The zero-order valence-corrected chi connectivity index (χ0v) is 9.13. The van der Waals surface area contributed by atoms with Gasteiger partial charge in [-0.3, -0.25) is 0 Å². The van der Waals surface area contributed by atoms with E-state index in [4.69, 9.17) is 5.14 Å². The zero-order valence-electron chi connectivity index (χ0n) is 8.31. The van der Waals surface area contributed by atoms with Gasteiger partial charge in [0.25, 0.3) is 15.2 Å². The van der Waals surface area contributed by atoms with Crippen molar-refractivity contribution in [3.8, 4) is 0 Å². The second-order valence-corrected chi connectivity index (χ2v) is 4.71. The van der Waals surface area contributed by atoms with E-state index >= 15 is 0 Å². The number of hydrogen-bond acceptors (Lipinski definition) is 4. The number of hydrogen-bond donors (Lipinski definition) is 1. The summed E-state index contributed by atoms with van der Waals surface area (Å²) in [6.45, 7) is 0.462. The highest BCUT2D eigenvalue weighted by molar-refractivity contribution is 7.89. The van der Waals surface area contributed by atoms with Gasteiger partial charge < -0.3 is 0 Å². The molecule has 16 heavy (non-hydrogen) atoms. The molecule has 0 spiro atoms. The minimum atomic E-state index is -3.82. The molecule has 0 fully saturated rings. The van der Waals surface area contributed by atoms with Crippen molar-refractivity contribution < 1.29 is 8.42 Å². The van der Waals surface area contributed by atoms with Crippen molar-refractivity contribution in [1.29, 1.82) is 0 Å². The minimum absolute atomic E-state index is 0.358. The van der Waals surface area contributed by atoms with E-state index in [0.29, 0.717) is 6.54 Å². The molecule has 1 aromatic heterocycles. The number of aromatic nitrogens is 3. The van der Waals surface area contributed by atoms with Crippen LogP contribution in [0, 0.1) is 0 Å². The fourth-order valence-corrected chi connectivity index (χ4v) is 1.67. The Morgan fingerprint density at radius 3 is 2.50 bits per heavy atom. The molecule has 0 bridgehead atoms. The minimum Gasteiger partial charge on any atom is -0.247 e. The molecule has 0 unspecified atom stereocenters. The van der Waals surface area contributed by atoms with Crippen LogP contribution in [0.5, 0.6) is 0 Å². The van der Waals surface area contributed by atoms with Gasteiger partial charge in [0.15, 0.2) is 0 Å². The maximum absolute atomic E-state index is 10.9. The van der Waals surface area contributed by atoms with Crippen LogP contribution in [0.2, 0.25) is 0 Å². The number of sulfonamides is 1. The van der Waals surface area contributed by atoms with Gasteiger partial charge in [-0.1, -0.05) is 30.3 Å². The Hall–Kier alpha value is -1.73. The fourth-order valence-electron chi connectivity index (χ4n) is 1.25. The van der Waals surface area contributed by atoms with Gasteiger partial charge in [0, 0.05) is 0 Å². The van der Waals surface area contributed by atoms with Gasteiger partial charge >= 0.3 is 0 Å². The predicted molar refractivity (Wildman–Crippen MR) is 56.9 cm³/mol. The third-order valence-electron chi connectivity index (χ3n) is 1.96. The second-order valence-electron chi connectivity index (χ2n) is 3.26. The van der Waals surface area contributed by atoms with Crippen LogP contribution in [-0.4, -0.2) is 23.2 Å². The quantitative estimate of drug-likeness (QED) is 0.813. The third-order valence-corrected chi connectivity index (χ3v) is 2.65. The fraction of sp³-hybridized carbons (Fsp3) is 0.111. The van der Waals surface area contributed by atoms with Gasteiger partial charge in [-0.25, -0.2) is 23.2 Å². The van der Waals surface area contributed by atoms with Crippen molar-refractivity contribution >= 4 is 10.0 Å². The van der Waals surface area contributed by atoms with Crippen LogP contribution < -0.4 is 5.14 Å². The molecule has 0 saturated heterocycles. The highest BCUT2D eigenvalue weighted by Crippen LogP contribution is 2.02. The first-order valence-corrected chi connectivity index (χ1v) is 6.06. The zero-order chi connectivity index (χ0) is 11.6. The van der Waals surface area contributed by atoms with Gasteiger partial charge in [-0.15, -0.1) is 5.10 Å². The van der Waals surface area contributed by atoms with E-state index in [9.17, 15) is 8.42 Å². The molecule has 7 heteroatoms. The van der Waals surface area contributed by atoms with E-state index in [2.05, 4.69) is 10.1 Å². The lowest BCUT2D eigenvalue weighted by Crippen LogP contribution is -2.14. The van der Waals surface area contributed by atoms with E-state index in [-0.39, 0.29) is 5.16 Å². The molecular weight excluding hydrogens is 228 g/mol. The molecule has 1 heterocycles. The molecule has 2 aromatic rings. The predicted octanol–water partition coefficient (Wildman–Crippen LogP) is -0.0262. The molecule has 84 valence electrons. The lowest BCUT2D eigenvalue weighted by molar-refractivity contribution is 0.582. The number of nitrogens with two attached hydrogens (primary N) is 1. The Morgan fingerprint density at radius 1 is 1.25 bits per heavy atom. The average molecular weight is 238 g/mol. The van der Waals surface area contributed by atoms with Gasteiger partial charge in [-0.2, -0.15) is 0 Å². The van der Waals surface area contributed by atoms with Gasteiger partial charge in [0.05, 0.1) is 6.54 Å². The third kappa shape index (κ3) is 2.44. The van der Waals surface area contributed by atoms with Crippen LogP contribution in [0.1, 0.15) is 5.56 Å². The van der Waals surface area contributed by atoms with Crippen molar-refractivity contribution in [2.45, 2.75) is 11.7 Å². The van der Waals surface area contributed by atoms with E-state index in [1.165, 1.54) is 11.0 Å². The molecular formula is C9H10N4O2S. The molecule has 0 radical (unpaired) electrons. The molecule has 0 aliphatic rings. The van der Waals surface area contributed by atoms with Crippen LogP contribution in [0.3, 0.4) is 0 Å². The van der Waals surface area contributed by atoms with Crippen LogP contribution in [-0.2, 0) is 16.6 Å². The molecule has 0 amide bonds. The van der Waals surface area contributed by atoms with Crippen molar-refractivity contribution in [3.05, 3.63) is 42.2 Å².